The number of nitrogens with zero attached hydrogens (tertiary/aromatic N) is 2. The fraction of sp³-hybridized carbons (Fsp3) is 0.312. The smallest absolute Gasteiger partial charge is 0.0602 e. The normalized spacial score (nSPS) is 10.6. The van der Waals surface area contributed by atoms with Crippen LogP contribution in [0.1, 0.15) is 23.9 Å². The number of halogens is 2. The molecule has 0 bridgehead atoms. The van der Waals surface area contributed by atoms with Crippen molar-refractivity contribution in [1.29, 1.82) is 0 Å². The second-order valence-electron chi connectivity index (χ2n) is 4.69. The third kappa shape index (κ3) is 3.74. The first-order valence-corrected chi connectivity index (χ1v) is 7.98. The molecule has 0 saturated carbocycles. The van der Waals surface area contributed by atoms with Gasteiger partial charge in [0.05, 0.1) is 12.2 Å². The second-order valence-corrected chi connectivity index (χ2v) is 5.87. The van der Waals surface area contributed by atoms with E-state index in [-0.39, 0.29) is 0 Å². The molecular formula is C16H18BrClN2. The van der Waals surface area contributed by atoms with E-state index in [0.29, 0.717) is 5.88 Å². The highest BCUT2D eigenvalue weighted by atomic mass is 79.9. The number of pyridine rings is 1. The maximum atomic E-state index is 6.07. The predicted octanol–water partition coefficient (Wildman–Crippen LogP) is 4.92. The molecule has 1 aromatic carbocycles. The SMILES string of the molecule is CCN(Cc1cccc(C)n1)c1ccc(Br)cc1CCl. The van der Waals surface area contributed by atoms with Crippen LogP contribution in [-0.2, 0) is 12.4 Å². The maximum absolute atomic E-state index is 6.07. The van der Waals surface area contributed by atoms with E-state index in [1.165, 1.54) is 5.69 Å². The van der Waals surface area contributed by atoms with Crippen molar-refractivity contribution in [3.8, 4) is 0 Å². The topological polar surface area (TPSA) is 16.1 Å². The summed E-state index contributed by atoms with van der Waals surface area (Å²) in [6.07, 6.45) is 0. The van der Waals surface area contributed by atoms with E-state index >= 15 is 0 Å². The zero-order valence-corrected chi connectivity index (χ0v) is 14.1. The molecule has 0 N–H and O–H groups in total. The molecule has 106 valence electrons. The van der Waals surface area contributed by atoms with Gasteiger partial charge in [0.15, 0.2) is 0 Å². The number of benzene rings is 1. The molecule has 0 aliphatic heterocycles. The molecule has 1 aromatic heterocycles. The number of aryl methyl sites for hydroxylation is 1. The monoisotopic (exact) mass is 352 g/mol. The van der Waals surface area contributed by atoms with Crippen LogP contribution in [0.25, 0.3) is 0 Å². The summed E-state index contributed by atoms with van der Waals surface area (Å²) in [5.41, 5.74) is 4.44. The van der Waals surface area contributed by atoms with Gasteiger partial charge >= 0.3 is 0 Å². The van der Waals surface area contributed by atoms with Gasteiger partial charge in [0.2, 0.25) is 0 Å². The summed E-state index contributed by atoms with van der Waals surface area (Å²) in [6.45, 7) is 5.88. The predicted molar refractivity (Wildman–Crippen MR) is 89.4 cm³/mol. The lowest BCUT2D eigenvalue weighted by Crippen LogP contribution is -2.23. The van der Waals surface area contributed by atoms with E-state index in [4.69, 9.17) is 11.6 Å². The number of hydrogen-bond acceptors (Lipinski definition) is 2. The van der Waals surface area contributed by atoms with E-state index in [1.54, 1.807) is 0 Å². The van der Waals surface area contributed by atoms with Gasteiger partial charge in [-0.05, 0) is 49.7 Å². The van der Waals surface area contributed by atoms with Crippen molar-refractivity contribution in [2.24, 2.45) is 0 Å². The molecule has 0 atom stereocenters. The van der Waals surface area contributed by atoms with Crippen LogP contribution in [0.5, 0.6) is 0 Å². The number of hydrogen-bond donors (Lipinski definition) is 0. The lowest BCUT2D eigenvalue weighted by atomic mass is 10.1. The molecule has 0 radical (unpaired) electrons. The Morgan fingerprint density at radius 1 is 1.25 bits per heavy atom. The number of anilines is 1. The molecule has 0 saturated heterocycles. The fourth-order valence-corrected chi connectivity index (χ4v) is 2.84. The van der Waals surface area contributed by atoms with Gasteiger partial charge in [0.25, 0.3) is 0 Å². The minimum atomic E-state index is 0.506. The summed E-state index contributed by atoms with van der Waals surface area (Å²) in [5.74, 6) is 0.506. The van der Waals surface area contributed by atoms with Gasteiger partial charge < -0.3 is 4.90 Å². The molecule has 0 spiro atoms. The van der Waals surface area contributed by atoms with Gasteiger partial charge in [-0.2, -0.15) is 0 Å². The second kappa shape index (κ2) is 7.09. The molecule has 0 aliphatic carbocycles. The minimum Gasteiger partial charge on any atom is -0.366 e. The standard InChI is InChI=1S/C16H18BrClN2/c1-3-20(11-15-6-4-5-12(2)19-15)16-8-7-14(17)9-13(16)10-18/h4-9H,3,10-11H2,1-2H3. The highest BCUT2D eigenvalue weighted by molar-refractivity contribution is 9.10. The lowest BCUT2D eigenvalue weighted by molar-refractivity contribution is 0.801. The van der Waals surface area contributed by atoms with Gasteiger partial charge in [0, 0.05) is 28.3 Å². The van der Waals surface area contributed by atoms with Gasteiger partial charge in [-0.15, -0.1) is 11.6 Å². The average molecular weight is 354 g/mol. The average Bonchev–Trinajstić information content (AvgIpc) is 2.45. The third-order valence-corrected chi connectivity index (χ3v) is 3.99. The van der Waals surface area contributed by atoms with Crippen molar-refractivity contribution >= 4 is 33.2 Å². The molecular weight excluding hydrogens is 336 g/mol. The molecule has 0 unspecified atom stereocenters. The Bertz CT molecular complexity index is 586. The highest BCUT2D eigenvalue weighted by Gasteiger charge is 2.11. The zero-order valence-electron chi connectivity index (χ0n) is 11.7. The van der Waals surface area contributed by atoms with Crippen LogP contribution in [0.4, 0.5) is 5.69 Å². The van der Waals surface area contributed by atoms with E-state index in [9.17, 15) is 0 Å². The Kier molecular flexibility index (Phi) is 5.44. The Morgan fingerprint density at radius 2 is 2.05 bits per heavy atom. The number of aromatic nitrogens is 1. The molecule has 0 amide bonds. The van der Waals surface area contributed by atoms with Crippen LogP contribution in [0.3, 0.4) is 0 Å². The Labute approximate surface area is 133 Å². The van der Waals surface area contributed by atoms with E-state index in [1.807, 2.05) is 13.0 Å². The molecule has 2 nitrogen and oxygen atoms in total. The van der Waals surface area contributed by atoms with E-state index in [2.05, 4.69) is 63.1 Å². The van der Waals surface area contributed by atoms with Crippen LogP contribution in [0.2, 0.25) is 0 Å². The van der Waals surface area contributed by atoms with Crippen LogP contribution in [0.15, 0.2) is 40.9 Å². The van der Waals surface area contributed by atoms with Crippen molar-refractivity contribution in [2.45, 2.75) is 26.3 Å². The first-order valence-electron chi connectivity index (χ1n) is 6.66. The van der Waals surface area contributed by atoms with Crippen molar-refractivity contribution in [3.63, 3.8) is 0 Å². The van der Waals surface area contributed by atoms with Crippen LogP contribution < -0.4 is 4.90 Å². The van der Waals surface area contributed by atoms with Crippen molar-refractivity contribution < 1.29 is 0 Å². The summed E-state index contributed by atoms with van der Waals surface area (Å²) in [7, 11) is 0. The molecule has 2 aromatic rings. The Balaban J connectivity index is 2.28. The van der Waals surface area contributed by atoms with Gasteiger partial charge in [-0.25, -0.2) is 0 Å². The third-order valence-electron chi connectivity index (χ3n) is 3.21. The molecule has 2 rings (SSSR count). The van der Waals surface area contributed by atoms with E-state index < -0.39 is 0 Å². The first kappa shape index (κ1) is 15.3. The van der Waals surface area contributed by atoms with Gasteiger partial charge in [-0.3, -0.25) is 4.98 Å². The quantitative estimate of drug-likeness (QED) is 0.709. The Morgan fingerprint density at radius 3 is 2.70 bits per heavy atom. The van der Waals surface area contributed by atoms with Crippen molar-refractivity contribution in [2.75, 3.05) is 11.4 Å². The summed E-state index contributed by atoms with van der Waals surface area (Å²) >= 11 is 9.57. The van der Waals surface area contributed by atoms with Crippen LogP contribution in [0, 0.1) is 6.92 Å². The minimum absolute atomic E-state index is 0.506. The Hall–Kier alpha value is -1.06. The first-order chi connectivity index (χ1) is 9.63. The number of alkyl halides is 1. The summed E-state index contributed by atoms with van der Waals surface area (Å²) in [4.78, 5) is 6.87. The van der Waals surface area contributed by atoms with E-state index in [0.717, 1.165) is 34.5 Å². The lowest BCUT2D eigenvalue weighted by Gasteiger charge is -2.25. The molecule has 20 heavy (non-hydrogen) atoms. The van der Waals surface area contributed by atoms with Gasteiger partial charge in [-0.1, -0.05) is 22.0 Å². The molecule has 1 heterocycles. The highest BCUT2D eigenvalue weighted by Crippen LogP contribution is 2.27. The van der Waals surface area contributed by atoms with Crippen molar-refractivity contribution in [3.05, 3.63) is 57.8 Å². The molecule has 0 aliphatic rings. The van der Waals surface area contributed by atoms with Crippen LogP contribution >= 0.6 is 27.5 Å². The number of rotatable bonds is 5. The van der Waals surface area contributed by atoms with Gasteiger partial charge in [0.1, 0.15) is 0 Å². The van der Waals surface area contributed by atoms with Crippen molar-refractivity contribution in [1.82, 2.24) is 4.98 Å². The maximum Gasteiger partial charge on any atom is 0.0602 e. The largest absolute Gasteiger partial charge is 0.366 e. The van der Waals surface area contributed by atoms with Crippen LogP contribution in [-0.4, -0.2) is 11.5 Å². The summed E-state index contributed by atoms with van der Waals surface area (Å²) in [5, 5.41) is 0. The molecule has 0 fully saturated rings. The zero-order chi connectivity index (χ0) is 14.5. The summed E-state index contributed by atoms with van der Waals surface area (Å²) < 4.78 is 1.06. The fourth-order valence-electron chi connectivity index (χ4n) is 2.22. The molecule has 4 heteroatoms. The summed E-state index contributed by atoms with van der Waals surface area (Å²) in [6, 6.07) is 12.4.